The number of thiazole rings is 1. The summed E-state index contributed by atoms with van der Waals surface area (Å²) in [5.74, 6) is 0.686. The number of carbonyl (C=O) groups is 1. The fourth-order valence-electron chi connectivity index (χ4n) is 2.47. The van der Waals surface area contributed by atoms with Crippen molar-refractivity contribution in [1.82, 2.24) is 9.88 Å². The van der Waals surface area contributed by atoms with E-state index in [1.807, 2.05) is 37.2 Å². The predicted molar refractivity (Wildman–Crippen MR) is 108 cm³/mol. The van der Waals surface area contributed by atoms with E-state index in [0.717, 1.165) is 22.5 Å². The molecule has 1 heterocycles. The number of likely N-dealkylation sites (N-methyl/N-ethyl adjacent to an activating group) is 1. The Kier molecular flexibility index (Phi) is 5.76. The lowest BCUT2D eigenvalue weighted by atomic mass is 10.2. The molecule has 0 radical (unpaired) electrons. The summed E-state index contributed by atoms with van der Waals surface area (Å²) in [6.45, 7) is 1.28. The summed E-state index contributed by atoms with van der Waals surface area (Å²) in [5, 5.41) is 1.28. The van der Waals surface area contributed by atoms with Crippen LogP contribution in [0.5, 0.6) is 5.75 Å². The van der Waals surface area contributed by atoms with Gasteiger partial charge in [-0.2, -0.15) is 0 Å². The van der Waals surface area contributed by atoms with Gasteiger partial charge in [-0.05, 0) is 56.6 Å². The summed E-state index contributed by atoms with van der Waals surface area (Å²) >= 11 is 7.43. The maximum atomic E-state index is 13.1. The Hall–Kier alpha value is -2.15. The highest BCUT2D eigenvalue weighted by atomic mass is 35.5. The first-order chi connectivity index (χ1) is 12.5. The van der Waals surface area contributed by atoms with Crippen molar-refractivity contribution in [2.24, 2.45) is 0 Å². The van der Waals surface area contributed by atoms with Gasteiger partial charge in [0.1, 0.15) is 5.75 Å². The fraction of sp³-hybridized carbons (Fsp3) is 0.263. The lowest BCUT2D eigenvalue weighted by Crippen LogP contribution is -2.36. The van der Waals surface area contributed by atoms with E-state index in [-0.39, 0.29) is 5.91 Å². The van der Waals surface area contributed by atoms with Crippen LogP contribution in [0, 0.1) is 0 Å². The number of nitrogens with zero attached hydrogens (tertiary/aromatic N) is 3. The zero-order chi connectivity index (χ0) is 18.7. The van der Waals surface area contributed by atoms with Crippen LogP contribution in [-0.4, -0.2) is 50.1 Å². The molecule has 0 atom stereocenters. The molecule has 3 aromatic rings. The molecular weight excluding hydrogens is 370 g/mol. The van der Waals surface area contributed by atoms with Crippen LogP contribution in [0.3, 0.4) is 0 Å². The highest BCUT2D eigenvalue weighted by molar-refractivity contribution is 7.22. The van der Waals surface area contributed by atoms with E-state index in [4.69, 9.17) is 16.3 Å². The number of benzene rings is 2. The molecule has 1 aromatic heterocycles. The molecule has 1 amide bonds. The first kappa shape index (κ1) is 18.6. The standard InChI is InChI=1S/C19H20ClN3O2S/c1-22(2)10-11-23(18(24)13-4-6-14(20)7-5-13)19-21-16-9-8-15(25-3)12-17(16)26-19/h4-9,12H,10-11H2,1-3H3. The van der Waals surface area contributed by atoms with Crippen LogP contribution in [0.25, 0.3) is 10.2 Å². The smallest absolute Gasteiger partial charge is 0.260 e. The van der Waals surface area contributed by atoms with Gasteiger partial charge in [0.15, 0.2) is 5.13 Å². The Balaban J connectivity index is 1.97. The summed E-state index contributed by atoms with van der Waals surface area (Å²) in [4.78, 5) is 21.5. The van der Waals surface area contributed by atoms with E-state index < -0.39 is 0 Å². The van der Waals surface area contributed by atoms with Crippen molar-refractivity contribution in [2.45, 2.75) is 0 Å². The second-order valence-corrected chi connectivity index (χ2v) is 7.54. The zero-order valence-corrected chi connectivity index (χ0v) is 16.5. The van der Waals surface area contributed by atoms with Gasteiger partial charge >= 0.3 is 0 Å². The van der Waals surface area contributed by atoms with Crippen molar-refractivity contribution in [3.63, 3.8) is 0 Å². The average molecular weight is 390 g/mol. The second-order valence-electron chi connectivity index (χ2n) is 6.10. The van der Waals surface area contributed by atoms with Crippen LogP contribution in [-0.2, 0) is 0 Å². The average Bonchev–Trinajstić information content (AvgIpc) is 3.04. The van der Waals surface area contributed by atoms with Crippen LogP contribution in [0.1, 0.15) is 10.4 Å². The molecule has 0 aliphatic heterocycles. The maximum absolute atomic E-state index is 13.1. The molecule has 0 saturated heterocycles. The van der Waals surface area contributed by atoms with Crippen molar-refractivity contribution in [3.05, 3.63) is 53.1 Å². The molecule has 0 N–H and O–H groups in total. The van der Waals surface area contributed by atoms with Crippen molar-refractivity contribution in [1.29, 1.82) is 0 Å². The van der Waals surface area contributed by atoms with Crippen molar-refractivity contribution < 1.29 is 9.53 Å². The van der Waals surface area contributed by atoms with Gasteiger partial charge in [0.25, 0.3) is 5.91 Å². The molecule has 0 aliphatic rings. The molecule has 2 aromatic carbocycles. The summed E-state index contributed by atoms with van der Waals surface area (Å²) in [6.07, 6.45) is 0. The lowest BCUT2D eigenvalue weighted by Gasteiger charge is -2.22. The minimum absolute atomic E-state index is 0.0884. The van der Waals surface area contributed by atoms with Crippen molar-refractivity contribution in [2.75, 3.05) is 39.2 Å². The number of ether oxygens (including phenoxy) is 1. The third kappa shape index (κ3) is 4.15. The van der Waals surface area contributed by atoms with Crippen LogP contribution < -0.4 is 9.64 Å². The topological polar surface area (TPSA) is 45.7 Å². The maximum Gasteiger partial charge on any atom is 0.260 e. The molecule has 0 saturated carbocycles. The minimum atomic E-state index is -0.0884. The number of rotatable bonds is 6. The molecular formula is C19H20ClN3O2S. The molecule has 0 bridgehead atoms. The molecule has 0 spiro atoms. The Morgan fingerprint density at radius 3 is 2.54 bits per heavy atom. The van der Waals surface area contributed by atoms with E-state index in [9.17, 15) is 4.79 Å². The van der Waals surface area contributed by atoms with Gasteiger partial charge in [-0.25, -0.2) is 4.98 Å². The molecule has 3 rings (SSSR count). The van der Waals surface area contributed by atoms with E-state index in [1.165, 1.54) is 11.3 Å². The number of hydrogen-bond acceptors (Lipinski definition) is 5. The quantitative estimate of drug-likeness (QED) is 0.634. The number of aromatic nitrogens is 1. The molecule has 136 valence electrons. The van der Waals surface area contributed by atoms with Gasteiger partial charge in [0.05, 0.1) is 17.3 Å². The largest absolute Gasteiger partial charge is 0.497 e. The second kappa shape index (κ2) is 8.03. The molecule has 26 heavy (non-hydrogen) atoms. The summed E-state index contributed by atoms with van der Waals surface area (Å²) in [5.41, 5.74) is 1.44. The van der Waals surface area contributed by atoms with Crippen LogP contribution in [0.4, 0.5) is 5.13 Å². The van der Waals surface area contributed by atoms with Gasteiger partial charge in [-0.15, -0.1) is 0 Å². The monoisotopic (exact) mass is 389 g/mol. The van der Waals surface area contributed by atoms with E-state index in [0.29, 0.717) is 22.3 Å². The van der Waals surface area contributed by atoms with Gasteiger partial charge < -0.3 is 9.64 Å². The molecule has 7 heteroatoms. The number of hydrogen-bond donors (Lipinski definition) is 0. The van der Waals surface area contributed by atoms with E-state index in [1.54, 1.807) is 36.3 Å². The first-order valence-electron chi connectivity index (χ1n) is 8.14. The SMILES string of the molecule is COc1ccc2nc(N(CCN(C)C)C(=O)c3ccc(Cl)cc3)sc2c1. The number of halogens is 1. The zero-order valence-electron chi connectivity index (χ0n) is 14.9. The summed E-state index contributed by atoms with van der Waals surface area (Å²) in [6, 6.07) is 12.6. The number of anilines is 1. The lowest BCUT2D eigenvalue weighted by molar-refractivity contribution is 0.0985. The van der Waals surface area contributed by atoms with Crippen molar-refractivity contribution in [3.8, 4) is 5.75 Å². The molecule has 0 fully saturated rings. The van der Waals surface area contributed by atoms with E-state index in [2.05, 4.69) is 4.98 Å². The Morgan fingerprint density at radius 2 is 1.88 bits per heavy atom. The van der Waals surface area contributed by atoms with Crippen LogP contribution in [0.15, 0.2) is 42.5 Å². The molecule has 0 aliphatic carbocycles. The Bertz CT molecular complexity index is 909. The number of methoxy groups -OCH3 is 1. The summed E-state index contributed by atoms with van der Waals surface area (Å²) < 4.78 is 6.26. The Morgan fingerprint density at radius 1 is 1.15 bits per heavy atom. The number of carbonyl (C=O) groups excluding carboxylic acids is 1. The number of fused-ring (bicyclic) bond motifs is 1. The highest BCUT2D eigenvalue weighted by Crippen LogP contribution is 2.32. The fourth-order valence-corrected chi connectivity index (χ4v) is 3.61. The first-order valence-corrected chi connectivity index (χ1v) is 9.34. The summed E-state index contributed by atoms with van der Waals surface area (Å²) in [7, 11) is 5.60. The van der Waals surface area contributed by atoms with Gasteiger partial charge in [-0.1, -0.05) is 22.9 Å². The van der Waals surface area contributed by atoms with Crippen LogP contribution in [0.2, 0.25) is 5.02 Å². The van der Waals surface area contributed by atoms with Crippen LogP contribution >= 0.6 is 22.9 Å². The van der Waals surface area contributed by atoms with E-state index >= 15 is 0 Å². The molecule has 0 unspecified atom stereocenters. The molecule has 5 nitrogen and oxygen atoms in total. The van der Waals surface area contributed by atoms with Gasteiger partial charge in [-0.3, -0.25) is 9.69 Å². The van der Waals surface area contributed by atoms with Gasteiger partial charge in [0, 0.05) is 23.7 Å². The van der Waals surface area contributed by atoms with Crippen molar-refractivity contribution >= 4 is 44.2 Å². The third-order valence-electron chi connectivity index (χ3n) is 3.92. The third-order valence-corrected chi connectivity index (χ3v) is 5.22. The normalized spacial score (nSPS) is 11.1. The highest BCUT2D eigenvalue weighted by Gasteiger charge is 2.21. The minimum Gasteiger partial charge on any atom is -0.497 e. The Labute approximate surface area is 161 Å². The predicted octanol–water partition coefficient (Wildman–Crippen LogP) is 4.17. The number of amides is 1. The van der Waals surface area contributed by atoms with Gasteiger partial charge in [0.2, 0.25) is 0 Å².